The van der Waals surface area contributed by atoms with Crippen LogP contribution < -0.4 is 11.1 Å². The lowest BCUT2D eigenvalue weighted by molar-refractivity contribution is 1.17. The molecule has 3 rings (SSSR count). The van der Waals surface area contributed by atoms with Crippen molar-refractivity contribution in [1.82, 2.24) is 4.98 Å². The van der Waals surface area contributed by atoms with E-state index in [1.54, 1.807) is 17.5 Å². The first-order chi connectivity index (χ1) is 8.84. The molecule has 2 heterocycles. The van der Waals surface area contributed by atoms with Gasteiger partial charge in [0.05, 0.1) is 0 Å². The van der Waals surface area contributed by atoms with Crippen LogP contribution >= 0.6 is 11.3 Å². The highest BCUT2D eigenvalue weighted by molar-refractivity contribution is 7.07. The highest BCUT2D eigenvalue weighted by Gasteiger charge is 2.03. The van der Waals surface area contributed by atoms with Gasteiger partial charge in [0.1, 0.15) is 0 Å². The molecule has 18 heavy (non-hydrogen) atoms. The number of pyridine rings is 1. The standard InChI is InChI=1S/C14H13N3S/c15-13-1-2-14(12-8-16-5-3-11(12)13)17-7-10-4-6-18-9-10/h1-6,8-9,17H,7,15H2. The summed E-state index contributed by atoms with van der Waals surface area (Å²) in [6, 6.07) is 8.00. The number of hydrogen-bond donors (Lipinski definition) is 2. The molecule has 0 amide bonds. The fraction of sp³-hybridized carbons (Fsp3) is 0.0714. The number of aromatic nitrogens is 1. The second-order valence-corrected chi connectivity index (χ2v) is 4.89. The summed E-state index contributed by atoms with van der Waals surface area (Å²) < 4.78 is 0. The van der Waals surface area contributed by atoms with Gasteiger partial charge < -0.3 is 11.1 Å². The number of nitrogens with one attached hydrogen (secondary N) is 1. The molecule has 3 aromatic rings. The van der Waals surface area contributed by atoms with Gasteiger partial charge in [-0.05, 0) is 40.6 Å². The third-order valence-electron chi connectivity index (χ3n) is 2.91. The molecule has 4 heteroatoms. The minimum Gasteiger partial charge on any atom is -0.398 e. The van der Waals surface area contributed by atoms with Crippen molar-refractivity contribution < 1.29 is 0 Å². The van der Waals surface area contributed by atoms with Crippen LogP contribution in [0.4, 0.5) is 11.4 Å². The minimum absolute atomic E-state index is 0.786. The first-order valence-corrected chi connectivity index (χ1v) is 6.66. The zero-order valence-electron chi connectivity index (χ0n) is 9.76. The Labute approximate surface area is 109 Å². The Morgan fingerprint density at radius 2 is 2.11 bits per heavy atom. The van der Waals surface area contributed by atoms with Gasteiger partial charge in [-0.2, -0.15) is 11.3 Å². The Kier molecular flexibility index (Phi) is 2.86. The number of thiophene rings is 1. The molecule has 3 nitrogen and oxygen atoms in total. The summed E-state index contributed by atoms with van der Waals surface area (Å²) >= 11 is 1.71. The van der Waals surface area contributed by atoms with Crippen LogP contribution in [0.3, 0.4) is 0 Å². The maximum atomic E-state index is 5.96. The monoisotopic (exact) mass is 255 g/mol. The fourth-order valence-electron chi connectivity index (χ4n) is 1.96. The lowest BCUT2D eigenvalue weighted by Gasteiger charge is -2.10. The zero-order valence-corrected chi connectivity index (χ0v) is 10.6. The zero-order chi connectivity index (χ0) is 12.4. The average molecular weight is 255 g/mol. The number of nitrogens with two attached hydrogens (primary N) is 1. The summed E-state index contributed by atoms with van der Waals surface area (Å²) in [6.07, 6.45) is 3.61. The molecule has 3 N–H and O–H groups in total. The van der Waals surface area contributed by atoms with Crippen LogP contribution in [0.15, 0.2) is 47.4 Å². The van der Waals surface area contributed by atoms with Gasteiger partial charge >= 0.3 is 0 Å². The van der Waals surface area contributed by atoms with Gasteiger partial charge in [-0.15, -0.1) is 0 Å². The molecule has 0 radical (unpaired) electrons. The largest absolute Gasteiger partial charge is 0.398 e. The van der Waals surface area contributed by atoms with E-state index in [4.69, 9.17) is 5.73 Å². The Balaban J connectivity index is 1.94. The van der Waals surface area contributed by atoms with Crippen molar-refractivity contribution >= 4 is 33.5 Å². The van der Waals surface area contributed by atoms with E-state index in [1.807, 2.05) is 24.4 Å². The predicted octanol–water partition coefficient (Wildman–Crippen LogP) is 3.49. The van der Waals surface area contributed by atoms with Gasteiger partial charge in [-0.25, -0.2) is 0 Å². The number of benzene rings is 1. The number of nitrogen functional groups attached to an aromatic ring is 1. The van der Waals surface area contributed by atoms with Gasteiger partial charge in [0, 0.05) is 41.1 Å². The van der Waals surface area contributed by atoms with Crippen LogP contribution in [0.5, 0.6) is 0 Å². The lowest BCUT2D eigenvalue weighted by Crippen LogP contribution is -2.00. The van der Waals surface area contributed by atoms with E-state index in [2.05, 4.69) is 27.1 Å². The van der Waals surface area contributed by atoms with E-state index >= 15 is 0 Å². The SMILES string of the molecule is Nc1ccc(NCc2ccsc2)c2cnccc12. The van der Waals surface area contributed by atoms with Gasteiger partial charge in [0.25, 0.3) is 0 Å². The summed E-state index contributed by atoms with van der Waals surface area (Å²) in [5.41, 5.74) is 9.10. The lowest BCUT2D eigenvalue weighted by atomic mass is 10.1. The van der Waals surface area contributed by atoms with Crippen molar-refractivity contribution in [3.63, 3.8) is 0 Å². The molecule has 2 aromatic heterocycles. The van der Waals surface area contributed by atoms with E-state index in [1.165, 1.54) is 5.56 Å². The number of hydrogen-bond acceptors (Lipinski definition) is 4. The maximum absolute atomic E-state index is 5.96. The molecule has 0 aliphatic rings. The van der Waals surface area contributed by atoms with E-state index in [9.17, 15) is 0 Å². The fourth-order valence-corrected chi connectivity index (χ4v) is 2.63. The second-order valence-electron chi connectivity index (χ2n) is 4.11. The van der Waals surface area contributed by atoms with E-state index in [0.29, 0.717) is 0 Å². The van der Waals surface area contributed by atoms with Crippen molar-refractivity contribution in [2.24, 2.45) is 0 Å². The number of nitrogens with zero attached hydrogens (tertiary/aromatic N) is 1. The molecule has 0 unspecified atom stereocenters. The molecular weight excluding hydrogens is 242 g/mol. The van der Waals surface area contributed by atoms with E-state index in [0.717, 1.165) is 28.7 Å². The second kappa shape index (κ2) is 4.66. The normalized spacial score (nSPS) is 10.7. The van der Waals surface area contributed by atoms with Crippen LogP contribution in [0.2, 0.25) is 0 Å². The molecule has 0 atom stereocenters. The number of anilines is 2. The van der Waals surface area contributed by atoms with Gasteiger partial charge in [0.2, 0.25) is 0 Å². The van der Waals surface area contributed by atoms with Crippen LogP contribution in [0, 0.1) is 0 Å². The van der Waals surface area contributed by atoms with Gasteiger partial charge in [-0.3, -0.25) is 4.98 Å². The van der Waals surface area contributed by atoms with Crippen molar-refractivity contribution in [3.8, 4) is 0 Å². The van der Waals surface area contributed by atoms with Crippen LogP contribution in [-0.2, 0) is 6.54 Å². The third-order valence-corrected chi connectivity index (χ3v) is 3.65. The van der Waals surface area contributed by atoms with Gasteiger partial charge in [0.15, 0.2) is 0 Å². The quantitative estimate of drug-likeness (QED) is 0.704. The molecule has 1 aromatic carbocycles. The van der Waals surface area contributed by atoms with E-state index in [-0.39, 0.29) is 0 Å². The summed E-state index contributed by atoms with van der Waals surface area (Å²) in [6.45, 7) is 0.817. The predicted molar refractivity (Wildman–Crippen MR) is 77.8 cm³/mol. The molecule has 0 aliphatic heterocycles. The Bertz CT molecular complexity index is 662. The summed E-state index contributed by atoms with van der Waals surface area (Å²) in [7, 11) is 0. The first kappa shape index (κ1) is 11.0. The van der Waals surface area contributed by atoms with Crippen molar-refractivity contribution in [2.75, 3.05) is 11.1 Å². The molecule has 0 saturated heterocycles. The Morgan fingerprint density at radius 1 is 1.17 bits per heavy atom. The third kappa shape index (κ3) is 2.02. The number of fused-ring (bicyclic) bond motifs is 1. The summed E-state index contributed by atoms with van der Waals surface area (Å²) in [5.74, 6) is 0. The molecule has 0 saturated carbocycles. The van der Waals surface area contributed by atoms with E-state index < -0.39 is 0 Å². The minimum atomic E-state index is 0.786. The molecule has 0 bridgehead atoms. The van der Waals surface area contributed by atoms with Crippen LogP contribution in [0.1, 0.15) is 5.56 Å². The van der Waals surface area contributed by atoms with Crippen molar-refractivity contribution in [2.45, 2.75) is 6.54 Å². The van der Waals surface area contributed by atoms with Gasteiger partial charge in [-0.1, -0.05) is 0 Å². The Morgan fingerprint density at radius 3 is 2.94 bits per heavy atom. The maximum Gasteiger partial charge on any atom is 0.0439 e. The Hall–Kier alpha value is -2.07. The number of rotatable bonds is 3. The van der Waals surface area contributed by atoms with Crippen LogP contribution in [0.25, 0.3) is 10.8 Å². The van der Waals surface area contributed by atoms with Crippen molar-refractivity contribution in [3.05, 3.63) is 53.0 Å². The van der Waals surface area contributed by atoms with Crippen LogP contribution in [-0.4, -0.2) is 4.98 Å². The highest BCUT2D eigenvalue weighted by Crippen LogP contribution is 2.27. The van der Waals surface area contributed by atoms with Crippen molar-refractivity contribution in [1.29, 1.82) is 0 Å². The summed E-state index contributed by atoms with van der Waals surface area (Å²) in [4.78, 5) is 4.17. The first-order valence-electron chi connectivity index (χ1n) is 5.72. The molecule has 0 spiro atoms. The highest BCUT2D eigenvalue weighted by atomic mass is 32.1. The average Bonchev–Trinajstić information content (AvgIpc) is 2.92. The summed E-state index contributed by atoms with van der Waals surface area (Å²) in [5, 5.41) is 9.76. The smallest absolute Gasteiger partial charge is 0.0439 e. The molecule has 0 fully saturated rings. The molecular formula is C14H13N3S. The molecule has 90 valence electrons. The molecule has 0 aliphatic carbocycles. The topological polar surface area (TPSA) is 50.9 Å².